The molecule has 1 heterocycles. The molecule has 3 nitrogen and oxygen atoms in total. The molecule has 0 saturated heterocycles. The maximum atomic E-state index is 5.95. The van der Waals surface area contributed by atoms with Crippen molar-refractivity contribution in [2.75, 3.05) is 5.32 Å². The fourth-order valence-corrected chi connectivity index (χ4v) is 2.23. The summed E-state index contributed by atoms with van der Waals surface area (Å²) in [5, 5.41) is 3.99. The minimum absolute atomic E-state index is 0.195. The number of anilines is 1. The topological polar surface area (TPSA) is 51.2 Å². The lowest BCUT2D eigenvalue weighted by molar-refractivity contribution is 0.498. The Hall–Kier alpha value is -1.52. The first-order chi connectivity index (χ1) is 9.06. The van der Waals surface area contributed by atoms with Gasteiger partial charge in [-0.1, -0.05) is 23.8 Å². The molecule has 0 fully saturated rings. The Bertz CT molecular complexity index is 569. The molecule has 1 atom stereocenters. The Balaban J connectivity index is 2.12. The minimum atomic E-state index is 0.195. The van der Waals surface area contributed by atoms with E-state index in [-0.39, 0.29) is 6.04 Å². The van der Waals surface area contributed by atoms with Gasteiger partial charge in [0.1, 0.15) is 10.7 Å². The lowest BCUT2D eigenvalue weighted by Crippen LogP contribution is -2.21. The molecule has 0 spiro atoms. The van der Waals surface area contributed by atoms with Crippen LogP contribution < -0.4 is 11.1 Å². The summed E-state index contributed by atoms with van der Waals surface area (Å²) in [5.41, 5.74) is 7.35. The van der Waals surface area contributed by atoms with Crippen LogP contribution in [0.3, 0.4) is 0 Å². The Morgan fingerprint density at radius 1 is 1.47 bits per heavy atom. The van der Waals surface area contributed by atoms with Crippen molar-refractivity contribution in [3.8, 4) is 0 Å². The second-order valence-electron chi connectivity index (χ2n) is 4.38. The number of nitrogens with one attached hydrogen (secondary N) is 1. The lowest BCUT2D eigenvalue weighted by Gasteiger charge is -2.17. The van der Waals surface area contributed by atoms with Gasteiger partial charge < -0.3 is 15.5 Å². The zero-order chi connectivity index (χ0) is 13.8. The molecule has 19 heavy (non-hydrogen) atoms. The first kappa shape index (κ1) is 13.9. The number of halogens is 1. The molecule has 0 bridgehead atoms. The zero-order valence-corrected chi connectivity index (χ0v) is 12.1. The summed E-state index contributed by atoms with van der Waals surface area (Å²) in [7, 11) is 0. The highest BCUT2D eigenvalue weighted by Gasteiger charge is 2.10. The van der Waals surface area contributed by atoms with Gasteiger partial charge in [-0.15, -0.1) is 0 Å². The van der Waals surface area contributed by atoms with Gasteiger partial charge in [0.2, 0.25) is 0 Å². The van der Waals surface area contributed by atoms with Gasteiger partial charge in [-0.05, 0) is 37.3 Å². The molecule has 0 aliphatic heterocycles. The molecular weight excluding hydrogens is 280 g/mol. The van der Waals surface area contributed by atoms with Gasteiger partial charge in [0.15, 0.2) is 0 Å². The lowest BCUT2D eigenvalue weighted by atomic mass is 10.1. The van der Waals surface area contributed by atoms with Crippen LogP contribution in [0.1, 0.15) is 18.2 Å². The van der Waals surface area contributed by atoms with E-state index in [2.05, 4.69) is 12.2 Å². The number of hydrogen-bond acceptors (Lipinski definition) is 3. The summed E-state index contributed by atoms with van der Waals surface area (Å²) in [4.78, 5) is 0.329. The maximum absolute atomic E-state index is 5.95. The van der Waals surface area contributed by atoms with Crippen molar-refractivity contribution < 1.29 is 4.42 Å². The third-order valence-corrected chi connectivity index (χ3v) is 3.19. The highest BCUT2D eigenvalue weighted by molar-refractivity contribution is 7.80. The van der Waals surface area contributed by atoms with Gasteiger partial charge in [0.25, 0.3) is 0 Å². The standard InChI is InChI=1S/C14H15ClN2OS/c1-9(7-11-3-2-6-18-11)17-13-5-4-10(15)8-12(13)14(16)19/h2-6,8-9,17H,7H2,1H3,(H2,16,19). The van der Waals surface area contributed by atoms with Crippen LogP contribution >= 0.6 is 23.8 Å². The van der Waals surface area contributed by atoms with Gasteiger partial charge in [-0.2, -0.15) is 0 Å². The van der Waals surface area contributed by atoms with E-state index < -0.39 is 0 Å². The van der Waals surface area contributed by atoms with Crippen molar-refractivity contribution in [2.24, 2.45) is 5.73 Å². The SMILES string of the molecule is CC(Cc1ccco1)Nc1ccc(Cl)cc1C(N)=S. The van der Waals surface area contributed by atoms with Gasteiger partial charge in [-0.25, -0.2) is 0 Å². The molecule has 1 unspecified atom stereocenters. The molecule has 3 N–H and O–H groups in total. The van der Waals surface area contributed by atoms with Gasteiger partial charge in [0.05, 0.1) is 6.26 Å². The number of thiocarbonyl (C=S) groups is 1. The van der Waals surface area contributed by atoms with Crippen LogP contribution in [-0.4, -0.2) is 11.0 Å². The zero-order valence-electron chi connectivity index (χ0n) is 10.5. The van der Waals surface area contributed by atoms with Crippen LogP contribution in [0, 0.1) is 0 Å². The summed E-state index contributed by atoms with van der Waals surface area (Å²) in [5.74, 6) is 0.936. The Labute approximate surface area is 122 Å². The Kier molecular flexibility index (Phi) is 4.45. The van der Waals surface area contributed by atoms with Crippen LogP contribution in [0.4, 0.5) is 5.69 Å². The third kappa shape index (κ3) is 3.72. The molecule has 100 valence electrons. The van der Waals surface area contributed by atoms with Crippen molar-refractivity contribution in [3.63, 3.8) is 0 Å². The monoisotopic (exact) mass is 294 g/mol. The number of hydrogen-bond donors (Lipinski definition) is 2. The third-order valence-electron chi connectivity index (χ3n) is 2.74. The van der Waals surface area contributed by atoms with Crippen LogP contribution in [0.25, 0.3) is 0 Å². The van der Waals surface area contributed by atoms with Gasteiger partial charge in [-0.3, -0.25) is 0 Å². The Morgan fingerprint density at radius 3 is 2.89 bits per heavy atom. The van der Waals surface area contributed by atoms with E-state index in [1.165, 1.54) is 0 Å². The smallest absolute Gasteiger partial charge is 0.106 e. The summed E-state index contributed by atoms with van der Waals surface area (Å²) >= 11 is 11.0. The first-order valence-electron chi connectivity index (χ1n) is 5.94. The van der Waals surface area contributed by atoms with E-state index in [1.807, 2.05) is 24.3 Å². The van der Waals surface area contributed by atoms with Crippen LogP contribution in [0.5, 0.6) is 0 Å². The summed E-state index contributed by atoms with van der Waals surface area (Å²) in [6.45, 7) is 2.07. The minimum Gasteiger partial charge on any atom is -0.469 e. The highest BCUT2D eigenvalue weighted by Crippen LogP contribution is 2.22. The van der Waals surface area contributed by atoms with Gasteiger partial charge in [0, 0.05) is 28.7 Å². The predicted octanol–water partition coefficient (Wildman–Crippen LogP) is 3.61. The summed E-state index contributed by atoms with van der Waals surface area (Å²) in [6.07, 6.45) is 2.46. The maximum Gasteiger partial charge on any atom is 0.106 e. The molecule has 0 saturated carbocycles. The van der Waals surface area contributed by atoms with E-state index in [0.29, 0.717) is 10.0 Å². The molecule has 0 aliphatic carbocycles. The largest absolute Gasteiger partial charge is 0.469 e. The fourth-order valence-electron chi connectivity index (χ4n) is 1.89. The molecule has 2 rings (SSSR count). The van der Waals surface area contributed by atoms with Crippen molar-refractivity contribution in [1.82, 2.24) is 0 Å². The Morgan fingerprint density at radius 2 is 2.26 bits per heavy atom. The number of furan rings is 1. The normalized spacial score (nSPS) is 12.1. The fraction of sp³-hybridized carbons (Fsp3) is 0.214. The van der Waals surface area contributed by atoms with E-state index in [0.717, 1.165) is 23.4 Å². The second kappa shape index (κ2) is 6.08. The van der Waals surface area contributed by atoms with E-state index in [4.69, 9.17) is 34.0 Å². The molecule has 1 aromatic carbocycles. The summed E-state index contributed by atoms with van der Waals surface area (Å²) < 4.78 is 5.33. The van der Waals surface area contributed by atoms with E-state index in [9.17, 15) is 0 Å². The number of nitrogens with two attached hydrogens (primary N) is 1. The van der Waals surface area contributed by atoms with Crippen molar-refractivity contribution in [3.05, 3.63) is 52.9 Å². The average Bonchev–Trinajstić information content (AvgIpc) is 2.83. The molecule has 0 radical (unpaired) electrons. The van der Waals surface area contributed by atoms with Crippen molar-refractivity contribution in [2.45, 2.75) is 19.4 Å². The van der Waals surface area contributed by atoms with Crippen LogP contribution in [0.2, 0.25) is 5.02 Å². The number of rotatable bonds is 5. The molecule has 1 aromatic heterocycles. The second-order valence-corrected chi connectivity index (χ2v) is 5.26. The average molecular weight is 295 g/mol. The molecule has 5 heteroatoms. The molecule has 0 aliphatic rings. The molecule has 0 amide bonds. The van der Waals surface area contributed by atoms with Gasteiger partial charge >= 0.3 is 0 Å². The van der Waals surface area contributed by atoms with E-state index >= 15 is 0 Å². The number of benzene rings is 1. The summed E-state index contributed by atoms with van der Waals surface area (Å²) in [6, 6.07) is 9.49. The van der Waals surface area contributed by atoms with E-state index in [1.54, 1.807) is 12.3 Å². The van der Waals surface area contributed by atoms with Crippen molar-refractivity contribution >= 4 is 34.5 Å². The van der Waals surface area contributed by atoms with Crippen molar-refractivity contribution in [1.29, 1.82) is 0 Å². The first-order valence-corrected chi connectivity index (χ1v) is 6.73. The predicted molar refractivity (Wildman–Crippen MR) is 82.8 cm³/mol. The highest BCUT2D eigenvalue weighted by atomic mass is 35.5. The molecule has 2 aromatic rings. The molecular formula is C14H15ClN2OS. The quantitative estimate of drug-likeness (QED) is 0.827. The van der Waals surface area contributed by atoms with Crippen LogP contribution in [-0.2, 0) is 6.42 Å². The van der Waals surface area contributed by atoms with Crippen LogP contribution in [0.15, 0.2) is 41.0 Å².